The maximum absolute atomic E-state index is 5.71. The lowest BCUT2D eigenvalue weighted by Gasteiger charge is -1.95. The Bertz CT molecular complexity index is 203. The zero-order chi connectivity index (χ0) is 6.69. The van der Waals surface area contributed by atoms with Crippen molar-refractivity contribution in [1.82, 2.24) is 0 Å². The number of hydrogen-bond donors (Lipinski definition) is 1. The third-order valence-corrected chi connectivity index (χ3v) is 1.44. The summed E-state index contributed by atoms with van der Waals surface area (Å²) in [5.41, 5.74) is 6.21. The predicted octanol–water partition coefficient (Wildman–Crippen LogP) is 0.683. The van der Waals surface area contributed by atoms with Gasteiger partial charge in [-0.15, -0.1) is 0 Å². The minimum Gasteiger partial charge on any atom is -0.326 e. The first-order chi connectivity index (χ1) is 4.34. The minimum absolute atomic E-state index is 0. The van der Waals surface area contributed by atoms with Crippen LogP contribution in [0.4, 0.5) is 0 Å². The summed E-state index contributed by atoms with van der Waals surface area (Å²) in [4.78, 5) is 0. The van der Waals surface area contributed by atoms with Gasteiger partial charge in [0.05, 0.1) is 0 Å². The molecule has 10 heavy (non-hydrogen) atoms. The molecule has 0 saturated carbocycles. The van der Waals surface area contributed by atoms with Crippen molar-refractivity contribution < 1.29 is 0 Å². The highest BCUT2D eigenvalue weighted by atomic mass is 35.5. The summed E-state index contributed by atoms with van der Waals surface area (Å²) < 4.78 is 0. The molecule has 0 saturated heterocycles. The van der Waals surface area contributed by atoms with Gasteiger partial charge >= 0.3 is 23.1 Å². The number of benzene rings is 1. The molecule has 0 heterocycles. The molecule has 0 fully saturated rings. The minimum atomic E-state index is 0. The van der Waals surface area contributed by atoms with E-state index in [1.807, 2.05) is 6.07 Å². The molecule has 0 unspecified atom stereocenters. The summed E-state index contributed by atoms with van der Waals surface area (Å²) in [6.45, 7) is 0.458. The summed E-state index contributed by atoms with van der Waals surface area (Å²) in [5.74, 6) is 0. The zero-order valence-electron chi connectivity index (χ0n) is 4.89. The van der Waals surface area contributed by atoms with Gasteiger partial charge in [0.25, 0.3) is 0 Å². The van der Waals surface area contributed by atoms with E-state index in [-0.39, 0.29) is 23.1 Å². The van der Waals surface area contributed by atoms with Crippen molar-refractivity contribution in [2.45, 2.75) is 6.54 Å². The molecular weight excluding hydrogens is 158 g/mol. The molecule has 0 aliphatic carbocycles. The van der Waals surface area contributed by atoms with Crippen LogP contribution in [0, 0.1) is 6.07 Å². The molecule has 1 rings (SSSR count). The summed E-state index contributed by atoms with van der Waals surface area (Å²) in [6, 6.07) is 8.37. The third kappa shape index (κ3) is 2.46. The molecule has 0 aliphatic rings. The lowest BCUT2D eigenvalue weighted by molar-refractivity contribution is 1.07. The van der Waals surface area contributed by atoms with Crippen molar-refractivity contribution in [1.29, 1.82) is 0 Å². The van der Waals surface area contributed by atoms with Gasteiger partial charge in [-0.05, 0) is 17.7 Å². The molecule has 1 aromatic rings. The van der Waals surface area contributed by atoms with Crippen LogP contribution in [0.1, 0.15) is 5.56 Å². The second kappa shape index (κ2) is 4.96. The number of nitrogens with two attached hydrogens (primary N) is 1. The van der Waals surface area contributed by atoms with Crippen molar-refractivity contribution in [3.05, 3.63) is 34.9 Å². The molecule has 3 heteroatoms. The SMILES string of the molecule is NCc1[c]cccc1Cl.[MgH2]. The molecular formula is C7H9ClMgN. The lowest BCUT2D eigenvalue weighted by Crippen LogP contribution is -1.96. The van der Waals surface area contributed by atoms with Crippen LogP contribution in [-0.4, -0.2) is 23.1 Å². The van der Waals surface area contributed by atoms with Crippen LogP contribution >= 0.6 is 11.6 Å². The van der Waals surface area contributed by atoms with Gasteiger partial charge in [-0.25, -0.2) is 0 Å². The first kappa shape index (κ1) is 10.2. The van der Waals surface area contributed by atoms with Crippen molar-refractivity contribution in [2.24, 2.45) is 5.73 Å². The second-order valence-electron chi connectivity index (χ2n) is 1.70. The third-order valence-electron chi connectivity index (χ3n) is 1.09. The van der Waals surface area contributed by atoms with E-state index in [1.54, 1.807) is 12.1 Å². The van der Waals surface area contributed by atoms with E-state index in [0.717, 1.165) is 5.56 Å². The van der Waals surface area contributed by atoms with E-state index >= 15 is 0 Å². The van der Waals surface area contributed by atoms with E-state index < -0.39 is 0 Å². The fourth-order valence-electron chi connectivity index (χ4n) is 0.607. The molecule has 0 spiro atoms. The van der Waals surface area contributed by atoms with Crippen LogP contribution in [-0.2, 0) is 6.54 Å². The Hall–Kier alpha value is 0.236. The largest absolute Gasteiger partial charge is 0.326 e. The Morgan fingerprint density at radius 3 is 2.70 bits per heavy atom. The standard InChI is InChI=1S/C7H7ClN.Mg.2H/c8-7-4-2-1-3-6(7)5-9;;;/h1-2,4H,5,9H2;;;. The van der Waals surface area contributed by atoms with Crippen LogP contribution in [0.5, 0.6) is 0 Å². The highest BCUT2D eigenvalue weighted by molar-refractivity contribution is 6.31. The molecule has 51 valence electrons. The van der Waals surface area contributed by atoms with Gasteiger partial charge in [0.2, 0.25) is 0 Å². The molecule has 2 N–H and O–H groups in total. The van der Waals surface area contributed by atoms with E-state index in [2.05, 4.69) is 6.07 Å². The molecule has 0 bridgehead atoms. The fraction of sp³-hybridized carbons (Fsp3) is 0.143. The van der Waals surface area contributed by atoms with Crippen molar-refractivity contribution in [3.63, 3.8) is 0 Å². The molecule has 1 radical (unpaired) electrons. The predicted molar refractivity (Wildman–Crippen MR) is 46.7 cm³/mol. The fourth-order valence-corrected chi connectivity index (χ4v) is 0.812. The van der Waals surface area contributed by atoms with Gasteiger partial charge < -0.3 is 5.73 Å². The molecule has 0 atom stereocenters. The van der Waals surface area contributed by atoms with Crippen LogP contribution in [0.25, 0.3) is 0 Å². The van der Waals surface area contributed by atoms with Gasteiger partial charge in [0, 0.05) is 11.6 Å². The van der Waals surface area contributed by atoms with E-state index in [4.69, 9.17) is 17.3 Å². The van der Waals surface area contributed by atoms with E-state index in [0.29, 0.717) is 11.6 Å². The Labute approximate surface area is 81.7 Å². The summed E-state index contributed by atoms with van der Waals surface area (Å²) >= 11 is 5.71. The van der Waals surface area contributed by atoms with Crippen LogP contribution in [0.3, 0.4) is 0 Å². The maximum atomic E-state index is 5.71. The van der Waals surface area contributed by atoms with E-state index in [1.165, 1.54) is 0 Å². The quantitative estimate of drug-likeness (QED) is 0.611. The van der Waals surface area contributed by atoms with Crippen molar-refractivity contribution in [2.75, 3.05) is 0 Å². The summed E-state index contributed by atoms with van der Waals surface area (Å²) in [7, 11) is 0. The van der Waals surface area contributed by atoms with Gasteiger partial charge in [-0.1, -0.05) is 23.7 Å². The lowest BCUT2D eigenvalue weighted by atomic mass is 10.2. The number of halogens is 1. The highest BCUT2D eigenvalue weighted by Gasteiger charge is 1.92. The summed E-state index contributed by atoms with van der Waals surface area (Å²) in [6.07, 6.45) is 0. The summed E-state index contributed by atoms with van der Waals surface area (Å²) in [5, 5.41) is 0.694. The Morgan fingerprint density at radius 2 is 2.30 bits per heavy atom. The first-order valence-electron chi connectivity index (χ1n) is 2.69. The topological polar surface area (TPSA) is 26.0 Å². The Morgan fingerprint density at radius 1 is 1.60 bits per heavy atom. The van der Waals surface area contributed by atoms with Gasteiger partial charge in [-0.2, -0.15) is 0 Å². The highest BCUT2D eigenvalue weighted by Crippen LogP contribution is 2.12. The molecule has 0 aromatic heterocycles. The molecule has 0 amide bonds. The number of rotatable bonds is 1. The van der Waals surface area contributed by atoms with Gasteiger partial charge in [0.1, 0.15) is 0 Å². The van der Waals surface area contributed by atoms with Crippen molar-refractivity contribution in [3.8, 4) is 0 Å². The zero-order valence-corrected chi connectivity index (χ0v) is 5.65. The molecule has 1 nitrogen and oxygen atoms in total. The second-order valence-corrected chi connectivity index (χ2v) is 2.11. The average molecular weight is 167 g/mol. The Kier molecular flexibility index (Phi) is 5.08. The maximum Gasteiger partial charge on any atom is 0.316 e. The number of hydrogen-bond acceptors (Lipinski definition) is 1. The van der Waals surface area contributed by atoms with Crippen LogP contribution in [0.2, 0.25) is 5.02 Å². The molecule has 1 aromatic carbocycles. The Balaban J connectivity index is 0.000000810. The smallest absolute Gasteiger partial charge is 0.316 e. The molecule has 0 aliphatic heterocycles. The van der Waals surface area contributed by atoms with Gasteiger partial charge in [-0.3, -0.25) is 0 Å². The van der Waals surface area contributed by atoms with E-state index in [9.17, 15) is 0 Å². The van der Waals surface area contributed by atoms with Crippen LogP contribution in [0.15, 0.2) is 18.2 Å². The normalized spacial score (nSPS) is 8.60. The monoisotopic (exact) mass is 166 g/mol. The van der Waals surface area contributed by atoms with Crippen LogP contribution < -0.4 is 5.73 Å². The van der Waals surface area contributed by atoms with Gasteiger partial charge in [0.15, 0.2) is 0 Å². The van der Waals surface area contributed by atoms with Crippen molar-refractivity contribution >= 4 is 34.7 Å². The average Bonchev–Trinajstić information content (AvgIpc) is 1.89. The first-order valence-corrected chi connectivity index (χ1v) is 3.07.